The first-order valence-electron chi connectivity index (χ1n) is 9.62. The maximum Gasteiger partial charge on any atom is 0.258 e. The highest BCUT2D eigenvalue weighted by molar-refractivity contribution is 7.98. The van der Waals surface area contributed by atoms with Crippen LogP contribution < -0.4 is 20.7 Å². The molecular formula is C23H25N3O4S. The second-order valence-electron chi connectivity index (χ2n) is 6.49. The summed E-state index contributed by atoms with van der Waals surface area (Å²) in [5.41, 5.74) is 1.18. The fraction of sp³-hybridized carbons (Fsp3) is 0.261. The molecule has 2 aromatic rings. The lowest BCUT2D eigenvalue weighted by molar-refractivity contribution is -0.130. The zero-order valence-electron chi connectivity index (χ0n) is 17.2. The van der Waals surface area contributed by atoms with E-state index in [0.29, 0.717) is 29.2 Å². The first-order chi connectivity index (χ1) is 15.0. The third kappa shape index (κ3) is 8.84. The van der Waals surface area contributed by atoms with Crippen molar-refractivity contribution in [2.75, 3.05) is 30.5 Å². The quantitative estimate of drug-likeness (QED) is 0.466. The van der Waals surface area contributed by atoms with Gasteiger partial charge in [0.15, 0.2) is 6.61 Å². The van der Waals surface area contributed by atoms with E-state index >= 15 is 0 Å². The van der Waals surface area contributed by atoms with E-state index in [2.05, 4.69) is 21.9 Å². The van der Waals surface area contributed by atoms with Crippen LogP contribution in [0.2, 0.25) is 0 Å². The maximum absolute atomic E-state index is 12.5. The molecule has 0 bridgehead atoms. The largest absolute Gasteiger partial charge is 0.484 e. The van der Waals surface area contributed by atoms with E-state index < -0.39 is 23.8 Å². The van der Waals surface area contributed by atoms with Crippen LogP contribution in [0.4, 0.5) is 5.69 Å². The van der Waals surface area contributed by atoms with Gasteiger partial charge in [-0.15, -0.1) is 6.42 Å². The number of benzene rings is 2. The third-order valence-corrected chi connectivity index (χ3v) is 4.76. The SMILES string of the molecule is C#Cc1cccc(NC(=O)CNC(=O)[C@@H](CCSC)NC(=O)COc2ccccc2)c1. The smallest absolute Gasteiger partial charge is 0.258 e. The maximum atomic E-state index is 12.5. The number of amides is 3. The van der Waals surface area contributed by atoms with Crippen LogP contribution in [0.5, 0.6) is 5.75 Å². The second-order valence-corrected chi connectivity index (χ2v) is 7.48. The van der Waals surface area contributed by atoms with Crippen molar-refractivity contribution >= 4 is 35.2 Å². The standard InChI is InChI=1S/C23H25N3O4S/c1-3-17-8-7-9-18(14-17)25-21(27)15-24-23(29)20(12-13-31-2)26-22(28)16-30-19-10-5-4-6-11-19/h1,4-11,14,20H,12-13,15-16H2,2H3,(H,24,29)(H,25,27)(H,26,28)/t20-/m1/s1. The average Bonchev–Trinajstić information content (AvgIpc) is 2.79. The molecule has 0 aromatic heterocycles. The van der Waals surface area contributed by atoms with Gasteiger partial charge in [0, 0.05) is 11.3 Å². The molecule has 0 aliphatic rings. The van der Waals surface area contributed by atoms with Gasteiger partial charge in [-0.05, 0) is 48.8 Å². The van der Waals surface area contributed by atoms with Crippen molar-refractivity contribution in [1.82, 2.24) is 10.6 Å². The Hall–Kier alpha value is -3.44. The number of nitrogens with one attached hydrogen (secondary N) is 3. The molecule has 0 saturated carbocycles. The molecule has 162 valence electrons. The molecule has 1 atom stereocenters. The molecule has 7 nitrogen and oxygen atoms in total. The van der Waals surface area contributed by atoms with Gasteiger partial charge in [-0.1, -0.05) is 30.2 Å². The molecule has 8 heteroatoms. The topological polar surface area (TPSA) is 96.5 Å². The Bertz CT molecular complexity index is 928. The van der Waals surface area contributed by atoms with Gasteiger partial charge in [-0.25, -0.2) is 0 Å². The van der Waals surface area contributed by atoms with Crippen LogP contribution in [0.3, 0.4) is 0 Å². The van der Waals surface area contributed by atoms with Gasteiger partial charge in [0.25, 0.3) is 5.91 Å². The lowest BCUT2D eigenvalue weighted by atomic mass is 10.2. The van der Waals surface area contributed by atoms with Crippen LogP contribution in [-0.2, 0) is 14.4 Å². The van der Waals surface area contributed by atoms with Crippen molar-refractivity contribution in [3.05, 3.63) is 60.2 Å². The minimum Gasteiger partial charge on any atom is -0.484 e. The number of terminal acetylenes is 1. The van der Waals surface area contributed by atoms with E-state index in [1.54, 1.807) is 60.3 Å². The van der Waals surface area contributed by atoms with Crippen molar-refractivity contribution in [2.45, 2.75) is 12.5 Å². The minimum atomic E-state index is -0.767. The number of carbonyl (C=O) groups excluding carboxylic acids is 3. The van der Waals surface area contributed by atoms with Crippen LogP contribution in [-0.4, -0.2) is 48.9 Å². The predicted molar refractivity (Wildman–Crippen MR) is 123 cm³/mol. The average molecular weight is 440 g/mol. The third-order valence-electron chi connectivity index (χ3n) is 4.11. The predicted octanol–water partition coefficient (Wildman–Crippen LogP) is 2.04. The number of thioether (sulfide) groups is 1. The number of hydrogen-bond donors (Lipinski definition) is 3. The Morgan fingerprint density at radius 2 is 1.87 bits per heavy atom. The van der Waals surface area contributed by atoms with Gasteiger partial charge >= 0.3 is 0 Å². The Morgan fingerprint density at radius 3 is 2.58 bits per heavy atom. The molecule has 0 spiro atoms. The van der Waals surface area contributed by atoms with Crippen LogP contribution in [0.15, 0.2) is 54.6 Å². The molecule has 3 amide bonds. The van der Waals surface area contributed by atoms with E-state index in [1.165, 1.54) is 0 Å². The van der Waals surface area contributed by atoms with Gasteiger partial charge in [0.05, 0.1) is 6.54 Å². The molecule has 31 heavy (non-hydrogen) atoms. The highest BCUT2D eigenvalue weighted by atomic mass is 32.2. The highest BCUT2D eigenvalue weighted by Crippen LogP contribution is 2.10. The number of anilines is 1. The normalized spacial score (nSPS) is 11.0. The molecule has 0 unspecified atom stereocenters. The molecule has 0 heterocycles. The van der Waals surface area contributed by atoms with Crippen molar-refractivity contribution in [2.24, 2.45) is 0 Å². The summed E-state index contributed by atoms with van der Waals surface area (Å²) in [6.07, 6.45) is 7.69. The molecule has 0 aliphatic carbocycles. The number of hydrogen-bond acceptors (Lipinski definition) is 5. The van der Waals surface area contributed by atoms with Crippen molar-refractivity contribution in [3.8, 4) is 18.1 Å². The molecule has 0 radical (unpaired) electrons. The Kier molecular flexibility index (Phi) is 9.98. The summed E-state index contributed by atoms with van der Waals surface area (Å²) in [5, 5.41) is 7.90. The summed E-state index contributed by atoms with van der Waals surface area (Å²) in [5.74, 6) is 2.47. The van der Waals surface area contributed by atoms with Crippen molar-refractivity contribution in [3.63, 3.8) is 0 Å². The monoisotopic (exact) mass is 439 g/mol. The van der Waals surface area contributed by atoms with Gasteiger partial charge < -0.3 is 20.7 Å². The number of para-hydroxylation sites is 1. The lowest BCUT2D eigenvalue weighted by Crippen LogP contribution is -2.49. The fourth-order valence-corrected chi connectivity index (χ4v) is 3.06. The van der Waals surface area contributed by atoms with Crippen LogP contribution in [0.25, 0.3) is 0 Å². The Balaban J connectivity index is 1.84. The summed E-state index contributed by atoms with van der Waals surface area (Å²) in [6.45, 7) is -0.440. The fourth-order valence-electron chi connectivity index (χ4n) is 2.59. The zero-order chi connectivity index (χ0) is 22.5. The lowest BCUT2D eigenvalue weighted by Gasteiger charge is -2.18. The van der Waals surface area contributed by atoms with Crippen LogP contribution in [0.1, 0.15) is 12.0 Å². The summed E-state index contributed by atoms with van der Waals surface area (Å²) >= 11 is 1.56. The zero-order valence-corrected chi connectivity index (χ0v) is 18.0. The van der Waals surface area contributed by atoms with E-state index in [0.717, 1.165) is 0 Å². The van der Waals surface area contributed by atoms with E-state index in [-0.39, 0.29) is 13.2 Å². The summed E-state index contributed by atoms with van der Waals surface area (Å²) in [4.78, 5) is 36.9. The number of carbonyl (C=O) groups is 3. The summed E-state index contributed by atoms with van der Waals surface area (Å²) < 4.78 is 5.41. The van der Waals surface area contributed by atoms with Gasteiger partial charge in [0.1, 0.15) is 11.8 Å². The van der Waals surface area contributed by atoms with Crippen LogP contribution >= 0.6 is 11.8 Å². The first kappa shape index (κ1) is 23.8. The molecule has 0 saturated heterocycles. The number of ether oxygens (including phenoxy) is 1. The van der Waals surface area contributed by atoms with Crippen LogP contribution in [0, 0.1) is 12.3 Å². The molecule has 0 aliphatic heterocycles. The molecule has 2 aromatic carbocycles. The van der Waals surface area contributed by atoms with Gasteiger partial charge in [-0.3, -0.25) is 14.4 Å². The van der Waals surface area contributed by atoms with Gasteiger partial charge in [-0.2, -0.15) is 11.8 Å². The Morgan fingerprint density at radius 1 is 1.10 bits per heavy atom. The second kappa shape index (κ2) is 13.0. The molecular weight excluding hydrogens is 414 g/mol. The highest BCUT2D eigenvalue weighted by Gasteiger charge is 2.21. The van der Waals surface area contributed by atoms with Crippen molar-refractivity contribution < 1.29 is 19.1 Å². The van der Waals surface area contributed by atoms with Gasteiger partial charge in [0.2, 0.25) is 11.8 Å². The van der Waals surface area contributed by atoms with E-state index in [4.69, 9.17) is 11.2 Å². The molecule has 0 fully saturated rings. The summed E-state index contributed by atoms with van der Waals surface area (Å²) in [7, 11) is 0. The molecule has 2 rings (SSSR count). The number of rotatable bonds is 11. The molecule has 3 N–H and O–H groups in total. The Labute approximate surface area is 186 Å². The first-order valence-corrected chi connectivity index (χ1v) is 11.0. The minimum absolute atomic E-state index is 0.209. The summed E-state index contributed by atoms with van der Waals surface area (Å²) in [6, 6.07) is 15.0. The van der Waals surface area contributed by atoms with E-state index in [1.807, 2.05) is 12.3 Å². The van der Waals surface area contributed by atoms with Crippen molar-refractivity contribution in [1.29, 1.82) is 0 Å². The van der Waals surface area contributed by atoms with E-state index in [9.17, 15) is 14.4 Å².